The van der Waals surface area contributed by atoms with Crippen molar-refractivity contribution in [2.75, 3.05) is 45.8 Å². The van der Waals surface area contributed by atoms with E-state index in [9.17, 15) is 4.79 Å². The van der Waals surface area contributed by atoms with Gasteiger partial charge in [0.2, 0.25) is 5.91 Å². The number of aromatic amines is 1. The number of para-hydroxylation sites is 1. The van der Waals surface area contributed by atoms with Crippen molar-refractivity contribution in [3.8, 4) is 11.1 Å². The summed E-state index contributed by atoms with van der Waals surface area (Å²) < 4.78 is 0. The molecular formula is C34H40ClN5O. The monoisotopic (exact) mass is 569 g/mol. The van der Waals surface area contributed by atoms with Crippen LogP contribution in [0.1, 0.15) is 24.0 Å². The van der Waals surface area contributed by atoms with Gasteiger partial charge in [0, 0.05) is 61.4 Å². The Balaban J connectivity index is 0.966. The molecule has 41 heavy (non-hydrogen) atoms. The fraction of sp³-hybridized carbons (Fsp3) is 0.382. The van der Waals surface area contributed by atoms with Gasteiger partial charge in [-0.15, -0.1) is 0 Å². The minimum atomic E-state index is -0.407. The molecule has 2 aliphatic heterocycles. The number of hydrogen-bond donors (Lipinski definition) is 2. The number of halogens is 1. The van der Waals surface area contributed by atoms with Gasteiger partial charge < -0.3 is 20.5 Å². The Bertz CT molecular complexity index is 1450. The van der Waals surface area contributed by atoms with E-state index in [1.54, 1.807) is 0 Å². The van der Waals surface area contributed by atoms with Crippen LogP contribution >= 0.6 is 11.6 Å². The number of rotatable bonds is 8. The van der Waals surface area contributed by atoms with Crippen molar-refractivity contribution in [3.63, 3.8) is 0 Å². The molecule has 4 aromatic rings. The Kier molecular flexibility index (Phi) is 8.73. The van der Waals surface area contributed by atoms with E-state index < -0.39 is 6.04 Å². The highest BCUT2D eigenvalue weighted by Crippen LogP contribution is 2.28. The molecule has 0 unspecified atom stereocenters. The predicted octanol–water partition coefficient (Wildman–Crippen LogP) is 5.41. The van der Waals surface area contributed by atoms with Gasteiger partial charge in [0.1, 0.15) is 0 Å². The summed E-state index contributed by atoms with van der Waals surface area (Å²) in [6.45, 7) is 7.09. The third-order valence-electron chi connectivity index (χ3n) is 9.03. The lowest BCUT2D eigenvalue weighted by molar-refractivity contribution is -0.136. The van der Waals surface area contributed by atoms with Gasteiger partial charge in [-0.3, -0.25) is 9.69 Å². The zero-order valence-corrected chi connectivity index (χ0v) is 24.4. The number of carbonyl (C=O) groups excluding carboxylic acids is 1. The van der Waals surface area contributed by atoms with Crippen LogP contribution in [0.2, 0.25) is 5.02 Å². The molecule has 6 rings (SSSR count). The van der Waals surface area contributed by atoms with Crippen LogP contribution in [0.3, 0.4) is 0 Å². The van der Waals surface area contributed by atoms with Crippen LogP contribution in [0.15, 0.2) is 79.0 Å². The van der Waals surface area contributed by atoms with Gasteiger partial charge in [0.15, 0.2) is 0 Å². The van der Waals surface area contributed by atoms with E-state index in [0.29, 0.717) is 0 Å². The van der Waals surface area contributed by atoms with E-state index in [1.807, 2.05) is 17.0 Å². The first-order valence-electron chi connectivity index (χ1n) is 14.9. The molecule has 3 aromatic carbocycles. The number of aromatic nitrogens is 1. The van der Waals surface area contributed by atoms with Crippen LogP contribution in [0, 0.1) is 5.92 Å². The molecule has 0 bridgehead atoms. The maximum atomic E-state index is 13.3. The number of H-pyrrole nitrogens is 1. The lowest BCUT2D eigenvalue weighted by Crippen LogP contribution is -2.55. The molecule has 0 spiro atoms. The Hall–Kier alpha value is -3.16. The predicted molar refractivity (Wildman–Crippen MR) is 168 cm³/mol. The topological polar surface area (TPSA) is 68.6 Å². The average molecular weight is 570 g/mol. The molecule has 1 atom stereocenters. The normalized spacial score (nSPS) is 18.1. The summed E-state index contributed by atoms with van der Waals surface area (Å²) in [4.78, 5) is 23.7. The number of nitrogens with zero attached hydrogens (tertiary/aromatic N) is 3. The third kappa shape index (κ3) is 6.52. The fourth-order valence-corrected chi connectivity index (χ4v) is 6.72. The second-order valence-electron chi connectivity index (χ2n) is 11.6. The SMILES string of the molecule is N[C@@H](C(=O)N1CCN(Cc2c[nH]c3ccccc23)CC1)C1CCN(CCc2cc(Cl)ccc2-c2ccccc2)CC1. The molecule has 2 aliphatic rings. The lowest BCUT2D eigenvalue weighted by Gasteiger charge is -2.39. The van der Waals surface area contributed by atoms with Gasteiger partial charge in [0.05, 0.1) is 6.04 Å². The van der Waals surface area contributed by atoms with E-state index in [4.69, 9.17) is 17.3 Å². The number of benzene rings is 3. The summed E-state index contributed by atoms with van der Waals surface area (Å²) >= 11 is 6.37. The molecule has 7 heteroatoms. The maximum Gasteiger partial charge on any atom is 0.239 e. The van der Waals surface area contributed by atoms with Crippen molar-refractivity contribution >= 4 is 28.4 Å². The van der Waals surface area contributed by atoms with Crippen LogP contribution in [-0.2, 0) is 17.8 Å². The number of likely N-dealkylation sites (tertiary alicyclic amines) is 1. The van der Waals surface area contributed by atoms with Crippen molar-refractivity contribution in [1.82, 2.24) is 19.7 Å². The van der Waals surface area contributed by atoms with Crippen molar-refractivity contribution in [2.45, 2.75) is 31.8 Å². The summed E-state index contributed by atoms with van der Waals surface area (Å²) in [6, 6.07) is 24.7. The molecule has 0 saturated carbocycles. The van der Waals surface area contributed by atoms with Gasteiger partial charge in [-0.2, -0.15) is 0 Å². The van der Waals surface area contributed by atoms with E-state index >= 15 is 0 Å². The summed E-state index contributed by atoms with van der Waals surface area (Å²) in [6.07, 6.45) is 4.99. The molecule has 6 nitrogen and oxygen atoms in total. The van der Waals surface area contributed by atoms with Crippen molar-refractivity contribution in [1.29, 1.82) is 0 Å². The van der Waals surface area contributed by atoms with Crippen LogP contribution in [0.4, 0.5) is 0 Å². The number of piperazine rings is 1. The molecular weight excluding hydrogens is 530 g/mol. The standard InChI is InChI=1S/C34H40ClN5O/c35-29-10-11-30(25-6-2-1-3-7-25)27(22-29)14-17-38-15-12-26(13-16-38)33(36)34(41)40-20-18-39(19-21-40)24-28-23-37-32-9-5-4-8-31(28)32/h1-11,22-23,26,33,37H,12-21,24,36H2/t33-/m1/s1. The molecule has 2 fully saturated rings. The molecule has 1 amide bonds. The van der Waals surface area contributed by atoms with E-state index in [-0.39, 0.29) is 11.8 Å². The van der Waals surface area contributed by atoms with Crippen LogP contribution in [0.5, 0.6) is 0 Å². The highest BCUT2D eigenvalue weighted by molar-refractivity contribution is 6.30. The zero-order valence-electron chi connectivity index (χ0n) is 23.6. The number of amides is 1. The first-order chi connectivity index (χ1) is 20.0. The van der Waals surface area contributed by atoms with Crippen molar-refractivity contribution in [3.05, 3.63) is 95.1 Å². The van der Waals surface area contributed by atoms with Crippen LogP contribution in [0.25, 0.3) is 22.0 Å². The van der Waals surface area contributed by atoms with Crippen molar-refractivity contribution in [2.24, 2.45) is 11.7 Å². The minimum absolute atomic E-state index is 0.127. The molecule has 0 radical (unpaired) electrons. The second-order valence-corrected chi connectivity index (χ2v) is 12.0. The molecule has 0 aliphatic carbocycles. The van der Waals surface area contributed by atoms with Crippen molar-refractivity contribution < 1.29 is 4.79 Å². The molecule has 3 heterocycles. The largest absolute Gasteiger partial charge is 0.361 e. The summed E-state index contributed by atoms with van der Waals surface area (Å²) in [5.74, 6) is 0.371. The van der Waals surface area contributed by atoms with E-state index in [0.717, 1.165) is 76.6 Å². The average Bonchev–Trinajstić information content (AvgIpc) is 3.43. The number of carbonyl (C=O) groups is 1. The smallest absolute Gasteiger partial charge is 0.239 e. The number of nitrogens with one attached hydrogen (secondary N) is 1. The number of hydrogen-bond acceptors (Lipinski definition) is 4. The summed E-state index contributed by atoms with van der Waals surface area (Å²) in [5, 5.41) is 2.06. The first kappa shape index (κ1) is 28.0. The highest BCUT2D eigenvalue weighted by atomic mass is 35.5. The highest BCUT2D eigenvalue weighted by Gasteiger charge is 2.32. The maximum absolute atomic E-state index is 13.3. The van der Waals surface area contributed by atoms with Crippen LogP contribution in [-0.4, -0.2) is 77.4 Å². The Labute approximate surface area is 248 Å². The Morgan fingerprint density at radius 3 is 2.39 bits per heavy atom. The van der Waals surface area contributed by atoms with E-state index in [1.165, 1.54) is 33.2 Å². The number of fused-ring (bicyclic) bond motifs is 1. The number of nitrogens with two attached hydrogens (primary N) is 1. The molecule has 3 N–H and O–H groups in total. The zero-order chi connectivity index (χ0) is 28.2. The fourth-order valence-electron chi connectivity index (χ4n) is 6.52. The van der Waals surface area contributed by atoms with Gasteiger partial charge in [-0.25, -0.2) is 0 Å². The number of piperidine rings is 1. The first-order valence-corrected chi connectivity index (χ1v) is 15.3. The van der Waals surface area contributed by atoms with Crippen LogP contribution < -0.4 is 5.73 Å². The van der Waals surface area contributed by atoms with Gasteiger partial charge in [-0.1, -0.05) is 66.2 Å². The quantitative estimate of drug-likeness (QED) is 0.297. The van der Waals surface area contributed by atoms with Gasteiger partial charge >= 0.3 is 0 Å². The Morgan fingerprint density at radius 1 is 0.878 bits per heavy atom. The Morgan fingerprint density at radius 2 is 1.61 bits per heavy atom. The summed E-state index contributed by atoms with van der Waals surface area (Å²) in [7, 11) is 0. The molecule has 1 aromatic heterocycles. The lowest BCUT2D eigenvalue weighted by atomic mass is 9.88. The van der Waals surface area contributed by atoms with Gasteiger partial charge in [0.25, 0.3) is 0 Å². The van der Waals surface area contributed by atoms with Gasteiger partial charge in [-0.05, 0) is 78.7 Å². The van der Waals surface area contributed by atoms with E-state index in [2.05, 4.69) is 81.6 Å². The minimum Gasteiger partial charge on any atom is -0.361 e. The molecule has 2 saturated heterocycles. The second kappa shape index (κ2) is 12.8. The summed E-state index contributed by atoms with van der Waals surface area (Å²) in [5.41, 5.74) is 12.8. The third-order valence-corrected chi connectivity index (χ3v) is 9.26. The molecule has 214 valence electrons.